The number of nitrogens with zero attached hydrogens (tertiary/aromatic N) is 6. The van der Waals surface area contributed by atoms with Crippen LogP contribution in [-0.2, 0) is 0 Å². The van der Waals surface area contributed by atoms with Gasteiger partial charge in [0.25, 0.3) is 0 Å². The summed E-state index contributed by atoms with van der Waals surface area (Å²) in [5, 5.41) is 26.1. The Morgan fingerprint density at radius 3 is 2.83 bits per heavy atom. The molecule has 0 spiro atoms. The standard InChI is InChI=1S/C16H15AsN6O/c1-10(2)17-14-4-15(19-7-13(14)9-22-24)23-16-12(8-21-23)3-11(5-18)6-20-16/h3-4,6-10,17,24H,1-2H3/b22-9-. The number of hydrogen-bond donors (Lipinski definition) is 1. The second-order valence-corrected chi connectivity index (χ2v) is 9.64. The van der Waals surface area contributed by atoms with Gasteiger partial charge >= 0.3 is 145 Å². The van der Waals surface area contributed by atoms with Crippen molar-refractivity contribution in [2.24, 2.45) is 5.16 Å². The van der Waals surface area contributed by atoms with Gasteiger partial charge in [-0.2, -0.15) is 0 Å². The number of rotatable bonds is 4. The van der Waals surface area contributed by atoms with E-state index >= 15 is 0 Å². The molecule has 0 saturated heterocycles. The van der Waals surface area contributed by atoms with Gasteiger partial charge in [0.1, 0.15) is 0 Å². The summed E-state index contributed by atoms with van der Waals surface area (Å²) in [6, 6.07) is 5.80. The molecule has 0 aliphatic carbocycles. The van der Waals surface area contributed by atoms with Crippen molar-refractivity contribution < 1.29 is 5.21 Å². The fourth-order valence-electron chi connectivity index (χ4n) is 2.32. The number of pyridine rings is 2. The van der Waals surface area contributed by atoms with Crippen LogP contribution in [0.4, 0.5) is 0 Å². The van der Waals surface area contributed by atoms with Gasteiger partial charge in [0, 0.05) is 0 Å². The topological polar surface area (TPSA) is 100.0 Å². The average molecular weight is 382 g/mol. The number of aromatic nitrogens is 4. The summed E-state index contributed by atoms with van der Waals surface area (Å²) in [7, 11) is 0. The number of hydrogen-bond acceptors (Lipinski definition) is 6. The molecular weight excluding hydrogens is 367 g/mol. The molecule has 0 radical (unpaired) electrons. The zero-order valence-corrected chi connectivity index (χ0v) is 15.3. The maximum absolute atomic E-state index is 8.96. The van der Waals surface area contributed by atoms with Crippen LogP contribution in [0.15, 0.2) is 35.9 Å². The summed E-state index contributed by atoms with van der Waals surface area (Å²) < 4.78 is 3.37. The first-order valence-corrected chi connectivity index (χ1v) is 9.56. The average Bonchev–Trinajstić information content (AvgIpc) is 2.99. The predicted molar refractivity (Wildman–Crippen MR) is 92.6 cm³/mol. The minimum absolute atomic E-state index is 0.408. The zero-order valence-electron chi connectivity index (χ0n) is 13.2. The third-order valence-electron chi connectivity index (χ3n) is 3.32. The quantitative estimate of drug-likeness (QED) is 0.318. The molecule has 0 saturated carbocycles. The molecule has 7 nitrogen and oxygen atoms in total. The van der Waals surface area contributed by atoms with Crippen molar-refractivity contribution in [3.05, 3.63) is 41.9 Å². The Labute approximate surface area is 145 Å². The monoisotopic (exact) mass is 382 g/mol. The summed E-state index contributed by atoms with van der Waals surface area (Å²) in [6.45, 7) is 4.35. The van der Waals surface area contributed by atoms with Crippen LogP contribution in [0.2, 0.25) is 4.71 Å². The van der Waals surface area contributed by atoms with E-state index in [-0.39, 0.29) is 0 Å². The van der Waals surface area contributed by atoms with E-state index in [2.05, 4.69) is 40.1 Å². The molecule has 0 bridgehead atoms. The van der Waals surface area contributed by atoms with Crippen LogP contribution < -0.4 is 4.35 Å². The van der Waals surface area contributed by atoms with E-state index < -0.39 is 15.8 Å². The molecule has 1 unspecified atom stereocenters. The Bertz CT molecular complexity index is 957. The van der Waals surface area contributed by atoms with E-state index in [1.165, 1.54) is 12.4 Å². The second kappa shape index (κ2) is 6.81. The maximum atomic E-state index is 8.96. The van der Waals surface area contributed by atoms with Gasteiger partial charge in [-0.1, -0.05) is 0 Å². The van der Waals surface area contributed by atoms with Crippen LogP contribution in [0.1, 0.15) is 25.0 Å². The van der Waals surface area contributed by atoms with Gasteiger partial charge in [0.15, 0.2) is 0 Å². The summed E-state index contributed by atoms with van der Waals surface area (Å²) in [5.41, 5.74) is 1.98. The van der Waals surface area contributed by atoms with Crippen LogP contribution in [0.3, 0.4) is 0 Å². The van der Waals surface area contributed by atoms with Gasteiger partial charge < -0.3 is 0 Å². The first kappa shape index (κ1) is 16.2. The van der Waals surface area contributed by atoms with Gasteiger partial charge in [-0.05, 0) is 0 Å². The van der Waals surface area contributed by atoms with E-state index in [4.69, 9.17) is 10.5 Å². The Morgan fingerprint density at radius 1 is 1.29 bits per heavy atom. The van der Waals surface area contributed by atoms with Crippen molar-refractivity contribution in [3.8, 4) is 11.9 Å². The van der Waals surface area contributed by atoms with Crippen LogP contribution in [0.5, 0.6) is 0 Å². The van der Waals surface area contributed by atoms with Crippen LogP contribution in [-0.4, -0.2) is 46.9 Å². The van der Waals surface area contributed by atoms with Crippen LogP contribution in [0, 0.1) is 11.3 Å². The normalized spacial score (nSPS) is 11.9. The van der Waals surface area contributed by atoms with Gasteiger partial charge in [-0.3, -0.25) is 0 Å². The fourth-order valence-corrected chi connectivity index (χ4v) is 4.69. The number of oxime groups is 1. The number of fused-ring (bicyclic) bond motifs is 1. The minimum atomic E-state index is -0.408. The molecule has 0 aromatic carbocycles. The summed E-state index contributed by atoms with van der Waals surface area (Å²) in [5.74, 6) is 0.664. The van der Waals surface area contributed by atoms with Gasteiger partial charge in [0.2, 0.25) is 0 Å². The van der Waals surface area contributed by atoms with Gasteiger partial charge in [-0.25, -0.2) is 0 Å². The van der Waals surface area contributed by atoms with Crippen molar-refractivity contribution in [1.82, 2.24) is 19.7 Å². The number of nitriles is 1. The molecule has 3 aromatic heterocycles. The summed E-state index contributed by atoms with van der Waals surface area (Å²) in [6.07, 6.45) is 6.30. The third kappa shape index (κ3) is 3.15. The SMILES string of the molecule is CC(C)[AsH]c1cc(-n2ncc3cc(C#N)cnc32)ncc1/C=N\O. The van der Waals surface area contributed by atoms with E-state index in [0.717, 1.165) is 15.3 Å². The van der Waals surface area contributed by atoms with E-state index in [1.54, 1.807) is 23.1 Å². The summed E-state index contributed by atoms with van der Waals surface area (Å²) >= 11 is -0.408. The first-order valence-electron chi connectivity index (χ1n) is 7.30. The molecular formula is C16H15AsN6O. The molecule has 3 heterocycles. The fraction of sp³-hybridized carbons (Fsp3) is 0.188. The van der Waals surface area contributed by atoms with Crippen molar-refractivity contribution in [2.45, 2.75) is 18.6 Å². The Kier molecular flexibility index (Phi) is 4.59. The first-order chi connectivity index (χ1) is 11.6. The van der Waals surface area contributed by atoms with Crippen molar-refractivity contribution in [1.29, 1.82) is 5.26 Å². The molecule has 0 amide bonds. The summed E-state index contributed by atoms with van der Waals surface area (Å²) in [4.78, 5) is 8.73. The van der Waals surface area contributed by atoms with Crippen molar-refractivity contribution in [2.75, 3.05) is 0 Å². The molecule has 8 heteroatoms. The molecule has 0 aliphatic rings. The van der Waals surface area contributed by atoms with Crippen LogP contribution >= 0.6 is 0 Å². The van der Waals surface area contributed by atoms with E-state index in [9.17, 15) is 0 Å². The Morgan fingerprint density at radius 2 is 2.12 bits per heavy atom. The molecule has 1 atom stereocenters. The van der Waals surface area contributed by atoms with Crippen LogP contribution in [0.25, 0.3) is 16.9 Å². The van der Waals surface area contributed by atoms with Crippen molar-refractivity contribution in [3.63, 3.8) is 0 Å². The van der Waals surface area contributed by atoms with Gasteiger partial charge in [0.05, 0.1) is 0 Å². The molecule has 1 N–H and O–H groups in total. The van der Waals surface area contributed by atoms with Gasteiger partial charge in [-0.15, -0.1) is 0 Å². The predicted octanol–water partition coefficient (Wildman–Crippen LogP) is 1.39. The Balaban J connectivity index is 2.11. The van der Waals surface area contributed by atoms with E-state index in [1.807, 2.05) is 6.07 Å². The molecule has 0 fully saturated rings. The molecule has 120 valence electrons. The van der Waals surface area contributed by atoms with E-state index in [0.29, 0.717) is 21.7 Å². The molecule has 3 rings (SSSR count). The molecule has 24 heavy (non-hydrogen) atoms. The molecule has 3 aromatic rings. The third-order valence-corrected chi connectivity index (χ3v) is 6.09. The second-order valence-electron chi connectivity index (χ2n) is 5.48. The zero-order chi connectivity index (χ0) is 17.1. The molecule has 0 aliphatic heterocycles. The Hall–Kier alpha value is -2.71. The van der Waals surface area contributed by atoms with Crippen molar-refractivity contribution >= 4 is 37.4 Å².